The molecule has 0 bridgehead atoms. The molecule has 6 nitrogen and oxygen atoms in total. The number of aromatic hydroxyl groups is 1. The molecule has 0 radical (unpaired) electrons. The first kappa shape index (κ1) is 18.8. The molecule has 0 unspecified atom stereocenters. The fraction of sp³-hybridized carbons (Fsp3) is 0.111. The molecule has 126 valence electrons. The predicted octanol–water partition coefficient (Wildman–Crippen LogP) is 2.85. The Kier molecular flexibility index (Phi) is 8.84. The van der Waals surface area contributed by atoms with Gasteiger partial charge in [0.05, 0.1) is 0 Å². The molecular formula is C18H18O6. The zero-order chi connectivity index (χ0) is 17.6. The Morgan fingerprint density at radius 1 is 1.00 bits per heavy atom. The van der Waals surface area contributed by atoms with Crippen LogP contribution in [0.25, 0.3) is 0 Å². The molecule has 0 amide bonds. The maximum atomic E-state index is 10.0. The van der Waals surface area contributed by atoms with E-state index in [2.05, 4.69) is 16.1 Å². The van der Waals surface area contributed by atoms with E-state index in [9.17, 15) is 9.59 Å². The van der Waals surface area contributed by atoms with Gasteiger partial charge in [0.15, 0.2) is 0 Å². The van der Waals surface area contributed by atoms with Crippen LogP contribution >= 0.6 is 0 Å². The summed E-state index contributed by atoms with van der Waals surface area (Å²) >= 11 is 0. The number of benzene rings is 2. The summed E-state index contributed by atoms with van der Waals surface area (Å²) in [6.07, 6.45) is 1.65. The summed E-state index contributed by atoms with van der Waals surface area (Å²) in [5.41, 5.74) is 0.775. The SMILES string of the molecule is C=CCOc1cccc(OC=O)c1.O=COCc1cccc(O)c1. The number of ether oxygens (including phenoxy) is 3. The van der Waals surface area contributed by atoms with Gasteiger partial charge in [-0.2, -0.15) is 0 Å². The van der Waals surface area contributed by atoms with E-state index in [1.54, 1.807) is 54.6 Å². The lowest BCUT2D eigenvalue weighted by atomic mass is 10.2. The van der Waals surface area contributed by atoms with Crippen molar-refractivity contribution < 1.29 is 28.9 Å². The number of carbonyl (C=O) groups excluding carboxylic acids is 2. The van der Waals surface area contributed by atoms with Crippen LogP contribution in [0.15, 0.2) is 61.2 Å². The second kappa shape index (κ2) is 11.3. The van der Waals surface area contributed by atoms with Crippen LogP contribution in [0.1, 0.15) is 5.56 Å². The fourth-order valence-corrected chi connectivity index (χ4v) is 1.62. The molecule has 1 N–H and O–H groups in total. The van der Waals surface area contributed by atoms with Crippen LogP contribution in [0.3, 0.4) is 0 Å². The minimum absolute atomic E-state index is 0.178. The monoisotopic (exact) mass is 330 g/mol. The van der Waals surface area contributed by atoms with Crippen molar-refractivity contribution in [3.63, 3.8) is 0 Å². The summed E-state index contributed by atoms with van der Waals surface area (Å²) < 4.78 is 14.4. The molecule has 0 atom stereocenters. The van der Waals surface area contributed by atoms with E-state index in [0.717, 1.165) is 5.56 Å². The van der Waals surface area contributed by atoms with E-state index in [0.29, 0.717) is 31.1 Å². The van der Waals surface area contributed by atoms with Crippen LogP contribution < -0.4 is 9.47 Å². The molecule has 24 heavy (non-hydrogen) atoms. The zero-order valence-electron chi connectivity index (χ0n) is 13.0. The van der Waals surface area contributed by atoms with Crippen molar-refractivity contribution in [2.45, 2.75) is 6.61 Å². The van der Waals surface area contributed by atoms with Gasteiger partial charge >= 0.3 is 0 Å². The van der Waals surface area contributed by atoms with Crippen molar-refractivity contribution in [2.24, 2.45) is 0 Å². The number of hydrogen-bond acceptors (Lipinski definition) is 6. The Morgan fingerprint density at radius 2 is 1.75 bits per heavy atom. The molecule has 2 aromatic rings. The molecule has 2 rings (SSSR count). The van der Waals surface area contributed by atoms with Crippen molar-refractivity contribution >= 4 is 12.9 Å². The Morgan fingerprint density at radius 3 is 2.42 bits per heavy atom. The predicted molar refractivity (Wildman–Crippen MR) is 87.8 cm³/mol. The first-order valence-corrected chi connectivity index (χ1v) is 6.96. The van der Waals surface area contributed by atoms with Gasteiger partial charge in [0.2, 0.25) is 0 Å². The van der Waals surface area contributed by atoms with Gasteiger partial charge in [-0.15, -0.1) is 0 Å². The summed E-state index contributed by atoms with van der Waals surface area (Å²) in [6, 6.07) is 13.4. The van der Waals surface area contributed by atoms with Crippen molar-refractivity contribution in [3.05, 3.63) is 66.7 Å². The van der Waals surface area contributed by atoms with Gasteiger partial charge in [0.25, 0.3) is 12.9 Å². The highest BCUT2D eigenvalue weighted by molar-refractivity contribution is 5.46. The first-order valence-electron chi connectivity index (χ1n) is 6.96. The van der Waals surface area contributed by atoms with Gasteiger partial charge in [-0.3, -0.25) is 9.59 Å². The van der Waals surface area contributed by atoms with Crippen LogP contribution in [-0.2, 0) is 20.9 Å². The molecule has 0 heterocycles. The average Bonchev–Trinajstić information content (AvgIpc) is 2.59. The highest BCUT2D eigenvalue weighted by atomic mass is 16.5. The first-order chi connectivity index (χ1) is 11.7. The summed E-state index contributed by atoms with van der Waals surface area (Å²) in [4.78, 5) is 19.8. The summed E-state index contributed by atoms with van der Waals surface area (Å²) in [5, 5.41) is 8.97. The van der Waals surface area contributed by atoms with Crippen molar-refractivity contribution in [3.8, 4) is 17.2 Å². The van der Waals surface area contributed by atoms with Crippen molar-refractivity contribution in [1.29, 1.82) is 0 Å². The average molecular weight is 330 g/mol. The molecule has 0 spiro atoms. The van der Waals surface area contributed by atoms with Crippen LogP contribution in [0.2, 0.25) is 0 Å². The molecule has 0 aliphatic carbocycles. The highest BCUT2D eigenvalue weighted by Gasteiger charge is 1.95. The molecule has 0 fully saturated rings. The lowest BCUT2D eigenvalue weighted by molar-refractivity contribution is -0.129. The van der Waals surface area contributed by atoms with E-state index in [1.807, 2.05) is 0 Å². The molecule has 0 aliphatic heterocycles. The third-order valence-electron chi connectivity index (χ3n) is 2.59. The Balaban J connectivity index is 0.000000243. The second-order valence-corrected chi connectivity index (χ2v) is 4.37. The van der Waals surface area contributed by atoms with Crippen LogP contribution in [-0.4, -0.2) is 24.7 Å². The maximum absolute atomic E-state index is 10.0. The zero-order valence-corrected chi connectivity index (χ0v) is 13.0. The minimum Gasteiger partial charge on any atom is -0.508 e. The molecule has 0 saturated carbocycles. The van der Waals surface area contributed by atoms with Gasteiger partial charge in [-0.25, -0.2) is 0 Å². The molecule has 0 aromatic heterocycles. The molecule has 2 aromatic carbocycles. The van der Waals surface area contributed by atoms with Crippen LogP contribution in [0, 0.1) is 0 Å². The topological polar surface area (TPSA) is 82.1 Å². The van der Waals surface area contributed by atoms with Gasteiger partial charge in [0, 0.05) is 6.07 Å². The third-order valence-corrected chi connectivity index (χ3v) is 2.59. The summed E-state index contributed by atoms with van der Waals surface area (Å²) in [6.45, 7) is 4.92. The molecule has 0 saturated heterocycles. The van der Waals surface area contributed by atoms with Gasteiger partial charge in [-0.1, -0.05) is 30.9 Å². The normalized spacial score (nSPS) is 9.00. The number of hydrogen-bond donors (Lipinski definition) is 1. The van der Waals surface area contributed by atoms with Crippen molar-refractivity contribution in [1.82, 2.24) is 0 Å². The van der Waals surface area contributed by atoms with Gasteiger partial charge < -0.3 is 19.3 Å². The van der Waals surface area contributed by atoms with E-state index >= 15 is 0 Å². The quantitative estimate of drug-likeness (QED) is 0.592. The van der Waals surface area contributed by atoms with Gasteiger partial charge in [-0.05, 0) is 29.8 Å². The smallest absolute Gasteiger partial charge is 0.298 e. The second-order valence-electron chi connectivity index (χ2n) is 4.37. The van der Waals surface area contributed by atoms with Gasteiger partial charge in [0.1, 0.15) is 30.5 Å². The highest BCUT2D eigenvalue weighted by Crippen LogP contribution is 2.18. The fourth-order valence-electron chi connectivity index (χ4n) is 1.62. The standard InChI is InChI=1S/C10H10O3.C8H8O3/c1-2-6-12-9-4-3-5-10(7-9)13-8-11;9-6-11-5-7-2-1-3-8(10)4-7/h2-5,7-8H,1,6H2;1-4,6,10H,5H2. The number of phenols is 1. The minimum atomic E-state index is 0.178. The summed E-state index contributed by atoms with van der Waals surface area (Å²) in [5.74, 6) is 1.30. The Labute approximate surface area is 139 Å². The maximum Gasteiger partial charge on any atom is 0.298 e. The molecule has 6 heteroatoms. The Bertz CT molecular complexity index is 653. The van der Waals surface area contributed by atoms with E-state index < -0.39 is 0 Å². The van der Waals surface area contributed by atoms with E-state index in [-0.39, 0.29) is 12.4 Å². The molecular weight excluding hydrogens is 312 g/mol. The lowest BCUT2D eigenvalue weighted by Gasteiger charge is -2.03. The van der Waals surface area contributed by atoms with Crippen LogP contribution in [0.5, 0.6) is 17.2 Å². The van der Waals surface area contributed by atoms with E-state index in [4.69, 9.17) is 9.84 Å². The van der Waals surface area contributed by atoms with Crippen LogP contribution in [0.4, 0.5) is 0 Å². The largest absolute Gasteiger partial charge is 0.508 e. The van der Waals surface area contributed by atoms with Crippen molar-refractivity contribution in [2.75, 3.05) is 6.61 Å². The number of phenolic OH excluding ortho intramolecular Hbond substituents is 1. The Hall–Kier alpha value is -3.28. The third kappa shape index (κ3) is 7.65. The summed E-state index contributed by atoms with van der Waals surface area (Å²) in [7, 11) is 0. The lowest BCUT2D eigenvalue weighted by Crippen LogP contribution is -1.93. The molecule has 0 aliphatic rings. The number of rotatable bonds is 8. The number of carbonyl (C=O) groups is 2. The van der Waals surface area contributed by atoms with E-state index in [1.165, 1.54) is 0 Å².